The fourth-order valence-electron chi connectivity index (χ4n) is 2.27. The molecular formula is C17H29N3O3S. The highest BCUT2D eigenvalue weighted by Crippen LogP contribution is 2.39. The SMILES string of the molecule is CCNC(=NCCSC)NCCc1ccc(OC)c(OC)c1OC. The molecular weight excluding hydrogens is 326 g/mol. The van der Waals surface area contributed by atoms with E-state index in [9.17, 15) is 0 Å². The summed E-state index contributed by atoms with van der Waals surface area (Å²) in [5.74, 6) is 3.85. The maximum atomic E-state index is 5.51. The van der Waals surface area contributed by atoms with Crippen LogP contribution >= 0.6 is 11.8 Å². The highest BCUT2D eigenvalue weighted by Gasteiger charge is 2.15. The fourth-order valence-corrected chi connectivity index (χ4v) is 2.54. The lowest BCUT2D eigenvalue weighted by atomic mass is 10.1. The first kappa shape index (κ1) is 20.3. The Kier molecular flexibility index (Phi) is 9.91. The maximum Gasteiger partial charge on any atom is 0.203 e. The van der Waals surface area contributed by atoms with E-state index >= 15 is 0 Å². The Morgan fingerprint density at radius 2 is 1.83 bits per heavy atom. The Hall–Kier alpha value is -1.76. The average molecular weight is 356 g/mol. The quantitative estimate of drug-likeness (QED) is 0.381. The van der Waals surface area contributed by atoms with E-state index in [0.29, 0.717) is 17.2 Å². The van der Waals surface area contributed by atoms with Crippen molar-refractivity contribution in [3.8, 4) is 17.2 Å². The molecule has 0 heterocycles. The molecule has 7 heteroatoms. The number of thioether (sulfide) groups is 1. The van der Waals surface area contributed by atoms with E-state index < -0.39 is 0 Å². The van der Waals surface area contributed by atoms with Crippen molar-refractivity contribution in [3.63, 3.8) is 0 Å². The van der Waals surface area contributed by atoms with Crippen molar-refractivity contribution in [1.82, 2.24) is 10.6 Å². The molecule has 136 valence electrons. The molecule has 0 saturated carbocycles. The van der Waals surface area contributed by atoms with E-state index in [-0.39, 0.29) is 0 Å². The normalized spacial score (nSPS) is 11.1. The summed E-state index contributed by atoms with van der Waals surface area (Å²) >= 11 is 1.79. The second-order valence-electron chi connectivity index (χ2n) is 4.92. The zero-order chi connectivity index (χ0) is 17.8. The monoisotopic (exact) mass is 355 g/mol. The van der Waals surface area contributed by atoms with E-state index in [1.807, 2.05) is 12.1 Å². The van der Waals surface area contributed by atoms with Crippen LogP contribution in [0.3, 0.4) is 0 Å². The van der Waals surface area contributed by atoms with Gasteiger partial charge in [-0.05, 0) is 25.7 Å². The van der Waals surface area contributed by atoms with Crippen molar-refractivity contribution in [2.24, 2.45) is 4.99 Å². The largest absolute Gasteiger partial charge is 0.493 e. The molecule has 0 unspecified atom stereocenters. The van der Waals surface area contributed by atoms with Crippen LogP contribution in [0.5, 0.6) is 17.2 Å². The summed E-state index contributed by atoms with van der Waals surface area (Å²) in [6, 6.07) is 3.90. The van der Waals surface area contributed by atoms with Gasteiger partial charge < -0.3 is 24.8 Å². The number of hydrogen-bond acceptors (Lipinski definition) is 5. The molecule has 0 spiro atoms. The summed E-state index contributed by atoms with van der Waals surface area (Å²) in [5, 5.41) is 6.60. The maximum absolute atomic E-state index is 5.51. The van der Waals surface area contributed by atoms with Crippen molar-refractivity contribution >= 4 is 17.7 Å². The van der Waals surface area contributed by atoms with Crippen molar-refractivity contribution in [3.05, 3.63) is 17.7 Å². The Bertz CT molecular complexity index is 524. The molecule has 0 aliphatic rings. The van der Waals surface area contributed by atoms with Gasteiger partial charge in [0.05, 0.1) is 27.9 Å². The zero-order valence-electron chi connectivity index (χ0n) is 15.3. The molecule has 0 radical (unpaired) electrons. The molecule has 1 aromatic rings. The van der Waals surface area contributed by atoms with Gasteiger partial charge in [0.2, 0.25) is 5.75 Å². The van der Waals surface area contributed by atoms with Gasteiger partial charge in [-0.3, -0.25) is 4.99 Å². The number of ether oxygens (including phenoxy) is 3. The Morgan fingerprint density at radius 3 is 2.42 bits per heavy atom. The highest BCUT2D eigenvalue weighted by molar-refractivity contribution is 7.98. The van der Waals surface area contributed by atoms with Crippen LogP contribution in [-0.2, 0) is 6.42 Å². The lowest BCUT2D eigenvalue weighted by Gasteiger charge is -2.16. The highest BCUT2D eigenvalue weighted by atomic mass is 32.2. The van der Waals surface area contributed by atoms with E-state index in [0.717, 1.165) is 43.3 Å². The van der Waals surface area contributed by atoms with Crippen LogP contribution in [0, 0.1) is 0 Å². The molecule has 6 nitrogen and oxygen atoms in total. The number of guanidine groups is 1. The van der Waals surface area contributed by atoms with Gasteiger partial charge >= 0.3 is 0 Å². The van der Waals surface area contributed by atoms with Gasteiger partial charge in [0.1, 0.15) is 0 Å². The Morgan fingerprint density at radius 1 is 1.08 bits per heavy atom. The Balaban J connectivity index is 2.73. The van der Waals surface area contributed by atoms with Crippen molar-refractivity contribution in [2.75, 3.05) is 53.0 Å². The van der Waals surface area contributed by atoms with Gasteiger partial charge in [0.15, 0.2) is 17.5 Å². The first-order valence-corrected chi connectivity index (χ1v) is 9.40. The molecule has 0 bridgehead atoms. The van der Waals surface area contributed by atoms with Gasteiger partial charge in [0, 0.05) is 24.4 Å². The standard InChI is InChI=1S/C17H29N3O3S/c1-6-18-17(20-11-12-24-5)19-10-9-13-7-8-14(21-2)16(23-4)15(13)22-3/h7-8H,6,9-12H2,1-5H3,(H2,18,19,20). The number of aliphatic imine (C=N–C) groups is 1. The van der Waals surface area contributed by atoms with E-state index in [4.69, 9.17) is 14.2 Å². The van der Waals surface area contributed by atoms with Crippen LogP contribution < -0.4 is 24.8 Å². The van der Waals surface area contributed by atoms with Crippen molar-refractivity contribution < 1.29 is 14.2 Å². The summed E-state index contributed by atoms with van der Waals surface area (Å²) in [6.07, 6.45) is 2.87. The number of rotatable bonds is 10. The van der Waals surface area contributed by atoms with Crippen LogP contribution in [0.1, 0.15) is 12.5 Å². The first-order valence-electron chi connectivity index (χ1n) is 8.00. The van der Waals surface area contributed by atoms with Crippen LogP contribution in [0.4, 0.5) is 0 Å². The summed E-state index contributed by atoms with van der Waals surface area (Å²) in [7, 11) is 4.87. The second kappa shape index (κ2) is 11.7. The summed E-state index contributed by atoms with van der Waals surface area (Å²) < 4.78 is 16.2. The summed E-state index contributed by atoms with van der Waals surface area (Å²) in [5.41, 5.74) is 1.06. The average Bonchev–Trinajstić information content (AvgIpc) is 2.61. The van der Waals surface area contributed by atoms with Crippen LogP contribution in [-0.4, -0.2) is 58.9 Å². The molecule has 0 aliphatic heterocycles. The molecule has 2 N–H and O–H groups in total. The number of benzene rings is 1. The summed E-state index contributed by atoms with van der Waals surface area (Å²) in [4.78, 5) is 4.54. The van der Waals surface area contributed by atoms with Crippen LogP contribution in [0.15, 0.2) is 17.1 Å². The van der Waals surface area contributed by atoms with Crippen molar-refractivity contribution in [2.45, 2.75) is 13.3 Å². The van der Waals surface area contributed by atoms with E-state index in [1.165, 1.54) is 0 Å². The molecule has 0 fully saturated rings. The minimum Gasteiger partial charge on any atom is -0.493 e. The third kappa shape index (κ3) is 6.03. The smallest absolute Gasteiger partial charge is 0.203 e. The predicted molar refractivity (Wildman–Crippen MR) is 102 cm³/mol. The first-order chi connectivity index (χ1) is 11.7. The van der Waals surface area contributed by atoms with Gasteiger partial charge in [-0.25, -0.2) is 0 Å². The van der Waals surface area contributed by atoms with Crippen molar-refractivity contribution in [1.29, 1.82) is 0 Å². The minimum atomic E-state index is 0.623. The third-order valence-corrected chi connectivity index (χ3v) is 3.97. The molecule has 0 atom stereocenters. The molecule has 0 aromatic heterocycles. The molecule has 0 amide bonds. The van der Waals surface area contributed by atoms with Gasteiger partial charge in [-0.2, -0.15) is 11.8 Å². The second-order valence-corrected chi connectivity index (χ2v) is 5.91. The van der Waals surface area contributed by atoms with Crippen LogP contribution in [0.2, 0.25) is 0 Å². The summed E-state index contributed by atoms with van der Waals surface area (Å²) in [6.45, 7) is 4.45. The number of hydrogen-bond donors (Lipinski definition) is 2. The number of nitrogens with one attached hydrogen (secondary N) is 2. The number of methoxy groups -OCH3 is 3. The van der Waals surface area contributed by atoms with E-state index in [2.05, 4.69) is 28.8 Å². The van der Waals surface area contributed by atoms with Gasteiger partial charge in [-0.15, -0.1) is 0 Å². The molecule has 1 aromatic carbocycles. The van der Waals surface area contributed by atoms with Crippen LogP contribution in [0.25, 0.3) is 0 Å². The molecule has 0 saturated heterocycles. The van der Waals surface area contributed by atoms with E-state index in [1.54, 1.807) is 33.1 Å². The van der Waals surface area contributed by atoms with Gasteiger partial charge in [-0.1, -0.05) is 6.07 Å². The third-order valence-electron chi connectivity index (χ3n) is 3.38. The molecule has 24 heavy (non-hydrogen) atoms. The lowest BCUT2D eigenvalue weighted by molar-refractivity contribution is 0.322. The molecule has 0 aliphatic carbocycles. The number of nitrogens with zero attached hydrogens (tertiary/aromatic N) is 1. The molecule has 1 rings (SSSR count). The topological polar surface area (TPSA) is 64.1 Å². The zero-order valence-corrected chi connectivity index (χ0v) is 16.1. The fraction of sp³-hybridized carbons (Fsp3) is 0.588. The van der Waals surface area contributed by atoms with Gasteiger partial charge in [0.25, 0.3) is 0 Å². The lowest BCUT2D eigenvalue weighted by Crippen LogP contribution is -2.38. The Labute approximate surface area is 149 Å². The predicted octanol–water partition coefficient (Wildman–Crippen LogP) is 2.17. The minimum absolute atomic E-state index is 0.623.